The molecule has 2 aromatic rings. The molecule has 3 N–H and O–H groups in total. The molecule has 1 aromatic heterocycles. The average Bonchev–Trinajstić information content (AvgIpc) is 2.84. The van der Waals surface area contributed by atoms with Crippen molar-refractivity contribution in [2.24, 2.45) is 0 Å². The molecular formula is C13H15F2N3O. The third-order valence-electron chi connectivity index (χ3n) is 2.85. The first-order valence-electron chi connectivity index (χ1n) is 5.94. The molecule has 0 unspecified atom stereocenters. The second-order valence-corrected chi connectivity index (χ2v) is 4.33. The predicted molar refractivity (Wildman–Crippen MR) is 67.3 cm³/mol. The van der Waals surface area contributed by atoms with Crippen LogP contribution in [0.25, 0.3) is 11.3 Å². The van der Waals surface area contributed by atoms with Crippen LogP contribution in [0.5, 0.6) is 0 Å². The lowest BCUT2D eigenvalue weighted by molar-refractivity contribution is 0.251. The van der Waals surface area contributed by atoms with Crippen LogP contribution in [0, 0.1) is 11.6 Å². The topological polar surface area (TPSA) is 60.9 Å². The van der Waals surface area contributed by atoms with Crippen molar-refractivity contribution in [2.75, 3.05) is 6.61 Å². The van der Waals surface area contributed by atoms with Crippen LogP contribution in [0.4, 0.5) is 8.78 Å². The fourth-order valence-electron chi connectivity index (χ4n) is 1.75. The van der Waals surface area contributed by atoms with Gasteiger partial charge in [0.25, 0.3) is 0 Å². The molecule has 0 aliphatic rings. The SMILES string of the molecule is C[C@H](CO)NCc1cn[nH]c1-c1c(F)cccc1F. The summed E-state index contributed by atoms with van der Waals surface area (Å²) in [5.74, 6) is -1.28. The van der Waals surface area contributed by atoms with Gasteiger partial charge in [0, 0.05) is 18.2 Å². The van der Waals surface area contributed by atoms with Gasteiger partial charge >= 0.3 is 0 Å². The molecule has 1 aromatic carbocycles. The quantitative estimate of drug-likeness (QED) is 0.774. The Kier molecular flexibility index (Phi) is 4.24. The van der Waals surface area contributed by atoms with Crippen molar-refractivity contribution in [2.45, 2.75) is 19.5 Å². The third-order valence-corrected chi connectivity index (χ3v) is 2.85. The van der Waals surface area contributed by atoms with Gasteiger partial charge in [0.15, 0.2) is 0 Å². The molecule has 0 radical (unpaired) electrons. The van der Waals surface area contributed by atoms with E-state index in [-0.39, 0.29) is 18.2 Å². The van der Waals surface area contributed by atoms with E-state index in [1.807, 2.05) is 6.92 Å². The molecule has 6 heteroatoms. The summed E-state index contributed by atoms with van der Waals surface area (Å²) in [6, 6.07) is 3.61. The van der Waals surface area contributed by atoms with Gasteiger partial charge in [0.2, 0.25) is 0 Å². The Morgan fingerprint density at radius 1 is 1.37 bits per heavy atom. The minimum atomic E-state index is -0.638. The molecule has 0 fully saturated rings. The number of H-pyrrole nitrogens is 1. The number of aliphatic hydroxyl groups is 1. The fourth-order valence-corrected chi connectivity index (χ4v) is 1.75. The number of nitrogens with one attached hydrogen (secondary N) is 2. The molecule has 1 atom stereocenters. The van der Waals surface area contributed by atoms with Crippen molar-refractivity contribution in [3.05, 3.63) is 41.6 Å². The smallest absolute Gasteiger partial charge is 0.135 e. The molecule has 0 saturated heterocycles. The molecule has 0 aliphatic heterocycles. The Bertz CT molecular complexity index is 536. The summed E-state index contributed by atoms with van der Waals surface area (Å²) in [5.41, 5.74) is 0.839. The van der Waals surface area contributed by atoms with E-state index >= 15 is 0 Å². The van der Waals surface area contributed by atoms with Crippen LogP contribution in [0.1, 0.15) is 12.5 Å². The summed E-state index contributed by atoms with van der Waals surface area (Å²) >= 11 is 0. The van der Waals surface area contributed by atoms with E-state index in [0.717, 1.165) is 0 Å². The molecule has 102 valence electrons. The highest BCUT2D eigenvalue weighted by atomic mass is 19.1. The van der Waals surface area contributed by atoms with E-state index in [1.54, 1.807) is 0 Å². The van der Waals surface area contributed by atoms with Crippen LogP contribution in [0.15, 0.2) is 24.4 Å². The van der Waals surface area contributed by atoms with Gasteiger partial charge in [-0.25, -0.2) is 8.78 Å². The van der Waals surface area contributed by atoms with Gasteiger partial charge in [0.05, 0.1) is 24.1 Å². The number of aromatic amines is 1. The van der Waals surface area contributed by atoms with Gasteiger partial charge in [0.1, 0.15) is 11.6 Å². The normalized spacial score (nSPS) is 12.6. The van der Waals surface area contributed by atoms with Gasteiger partial charge in [-0.05, 0) is 19.1 Å². The number of halogens is 2. The second kappa shape index (κ2) is 5.90. The highest BCUT2D eigenvalue weighted by Crippen LogP contribution is 2.26. The Morgan fingerprint density at radius 2 is 2.05 bits per heavy atom. The van der Waals surface area contributed by atoms with E-state index in [0.29, 0.717) is 17.8 Å². The Labute approximate surface area is 109 Å². The monoisotopic (exact) mass is 267 g/mol. The Hall–Kier alpha value is -1.79. The van der Waals surface area contributed by atoms with Crippen LogP contribution in [0.2, 0.25) is 0 Å². The highest BCUT2D eigenvalue weighted by molar-refractivity contribution is 5.64. The molecule has 0 saturated carbocycles. The van der Waals surface area contributed by atoms with Gasteiger partial charge in [-0.2, -0.15) is 5.10 Å². The number of hydrogen-bond acceptors (Lipinski definition) is 3. The van der Waals surface area contributed by atoms with Crippen LogP contribution in [-0.2, 0) is 6.54 Å². The van der Waals surface area contributed by atoms with Crippen molar-refractivity contribution in [3.63, 3.8) is 0 Å². The first kappa shape index (κ1) is 13.6. The molecule has 1 heterocycles. The summed E-state index contributed by atoms with van der Waals surface area (Å²) < 4.78 is 27.4. The van der Waals surface area contributed by atoms with E-state index in [1.165, 1.54) is 24.4 Å². The number of aliphatic hydroxyl groups excluding tert-OH is 1. The van der Waals surface area contributed by atoms with Crippen molar-refractivity contribution in [1.29, 1.82) is 0 Å². The minimum Gasteiger partial charge on any atom is -0.395 e. The zero-order valence-electron chi connectivity index (χ0n) is 10.5. The average molecular weight is 267 g/mol. The third kappa shape index (κ3) is 2.97. The van der Waals surface area contributed by atoms with Gasteiger partial charge < -0.3 is 10.4 Å². The van der Waals surface area contributed by atoms with E-state index in [4.69, 9.17) is 5.11 Å². The number of aromatic nitrogens is 2. The van der Waals surface area contributed by atoms with Gasteiger partial charge in [-0.1, -0.05) is 6.07 Å². The summed E-state index contributed by atoms with van der Waals surface area (Å²) in [6.07, 6.45) is 1.51. The number of rotatable bonds is 5. The molecule has 4 nitrogen and oxygen atoms in total. The number of benzene rings is 1. The van der Waals surface area contributed by atoms with Crippen LogP contribution < -0.4 is 5.32 Å². The van der Waals surface area contributed by atoms with Gasteiger partial charge in [-0.3, -0.25) is 5.10 Å². The molecular weight excluding hydrogens is 252 g/mol. The molecule has 19 heavy (non-hydrogen) atoms. The van der Waals surface area contributed by atoms with Crippen molar-refractivity contribution < 1.29 is 13.9 Å². The van der Waals surface area contributed by atoms with Crippen molar-refractivity contribution in [1.82, 2.24) is 15.5 Å². The van der Waals surface area contributed by atoms with Crippen LogP contribution in [-0.4, -0.2) is 28.0 Å². The summed E-state index contributed by atoms with van der Waals surface area (Å²) in [7, 11) is 0. The predicted octanol–water partition coefficient (Wildman–Crippen LogP) is 1.83. The lowest BCUT2D eigenvalue weighted by Gasteiger charge is -2.11. The van der Waals surface area contributed by atoms with E-state index < -0.39 is 11.6 Å². The van der Waals surface area contributed by atoms with Crippen molar-refractivity contribution >= 4 is 0 Å². The first-order valence-corrected chi connectivity index (χ1v) is 5.94. The molecule has 0 aliphatic carbocycles. The molecule has 2 rings (SSSR count). The van der Waals surface area contributed by atoms with Crippen molar-refractivity contribution in [3.8, 4) is 11.3 Å². The Morgan fingerprint density at radius 3 is 2.68 bits per heavy atom. The first-order chi connectivity index (χ1) is 9.13. The maximum atomic E-state index is 13.7. The zero-order valence-corrected chi connectivity index (χ0v) is 10.5. The minimum absolute atomic E-state index is 0.0127. The molecule has 0 spiro atoms. The van der Waals surface area contributed by atoms with Gasteiger partial charge in [-0.15, -0.1) is 0 Å². The van der Waals surface area contributed by atoms with E-state index in [9.17, 15) is 8.78 Å². The maximum Gasteiger partial charge on any atom is 0.135 e. The fraction of sp³-hybridized carbons (Fsp3) is 0.308. The molecule has 0 amide bonds. The lowest BCUT2D eigenvalue weighted by atomic mass is 10.1. The molecule has 0 bridgehead atoms. The van der Waals surface area contributed by atoms with Crippen LogP contribution >= 0.6 is 0 Å². The zero-order chi connectivity index (χ0) is 13.8. The summed E-state index contributed by atoms with van der Waals surface area (Å²) in [5, 5.41) is 18.4. The largest absolute Gasteiger partial charge is 0.395 e. The standard InChI is InChI=1S/C13H15F2N3O/c1-8(7-19)16-5-9-6-17-18-13(9)12-10(14)3-2-4-11(12)15/h2-4,6,8,16,19H,5,7H2,1H3,(H,17,18)/t8-/m1/s1. The lowest BCUT2D eigenvalue weighted by Crippen LogP contribution is -2.28. The summed E-state index contributed by atoms with van der Waals surface area (Å²) in [6.45, 7) is 2.16. The second-order valence-electron chi connectivity index (χ2n) is 4.33. The van der Waals surface area contributed by atoms with Crippen LogP contribution in [0.3, 0.4) is 0 Å². The number of nitrogens with zero attached hydrogens (tertiary/aromatic N) is 1. The maximum absolute atomic E-state index is 13.7. The Balaban J connectivity index is 2.29. The number of hydrogen-bond donors (Lipinski definition) is 3. The highest BCUT2D eigenvalue weighted by Gasteiger charge is 2.16. The van der Waals surface area contributed by atoms with E-state index in [2.05, 4.69) is 15.5 Å². The summed E-state index contributed by atoms with van der Waals surface area (Å²) in [4.78, 5) is 0.